The smallest absolute Gasteiger partial charge is 0.269 e. The number of aliphatic imine (C=N–C) groups is 1. The zero-order chi connectivity index (χ0) is 17.1. The lowest BCUT2D eigenvalue weighted by Crippen LogP contribution is -3.02. The van der Waals surface area contributed by atoms with E-state index in [9.17, 15) is 10.1 Å². The Kier molecular flexibility index (Phi) is 3.12. The average molecular weight is 322 g/mol. The van der Waals surface area contributed by atoms with Crippen molar-refractivity contribution in [3.8, 4) is 0 Å². The van der Waals surface area contributed by atoms with Gasteiger partial charge in [-0.05, 0) is 19.1 Å². The quantitative estimate of drug-likeness (QED) is 0.536. The molecule has 24 heavy (non-hydrogen) atoms. The zero-order valence-electron chi connectivity index (χ0n) is 14.0. The fourth-order valence-electron chi connectivity index (χ4n) is 3.91. The van der Waals surface area contributed by atoms with Gasteiger partial charge in [0.2, 0.25) is 0 Å². The van der Waals surface area contributed by atoms with Crippen LogP contribution >= 0.6 is 0 Å². The molecule has 5 nitrogen and oxygen atoms in total. The van der Waals surface area contributed by atoms with Crippen molar-refractivity contribution < 1.29 is 9.82 Å². The number of nitrogens with zero attached hydrogens (tertiary/aromatic N) is 2. The molecule has 1 saturated heterocycles. The van der Waals surface area contributed by atoms with E-state index < -0.39 is 0 Å². The SMILES string of the molecule is Cc1ccc(C2=NC(C)(C)[NH+]3[C@@H]2[C@@H]3c2ccc([N+](=O)[O-])cc2)cc1. The number of non-ortho nitro benzene ring substituents is 1. The molecule has 1 unspecified atom stereocenters. The Bertz CT molecular complexity index is 838. The van der Waals surface area contributed by atoms with Crippen LogP contribution in [0.5, 0.6) is 0 Å². The summed E-state index contributed by atoms with van der Waals surface area (Å²) in [5.41, 5.74) is 4.69. The summed E-state index contributed by atoms with van der Waals surface area (Å²) in [7, 11) is 0. The van der Waals surface area contributed by atoms with E-state index in [1.54, 1.807) is 12.1 Å². The van der Waals surface area contributed by atoms with Crippen LogP contribution in [0.2, 0.25) is 0 Å². The van der Waals surface area contributed by atoms with Gasteiger partial charge in [-0.25, -0.2) is 4.99 Å². The summed E-state index contributed by atoms with van der Waals surface area (Å²) in [6.45, 7) is 6.39. The summed E-state index contributed by atoms with van der Waals surface area (Å²) >= 11 is 0. The predicted molar refractivity (Wildman–Crippen MR) is 92.4 cm³/mol. The van der Waals surface area contributed by atoms with Gasteiger partial charge in [0, 0.05) is 37.1 Å². The molecule has 0 saturated carbocycles. The Morgan fingerprint density at radius 1 is 1.04 bits per heavy atom. The lowest BCUT2D eigenvalue weighted by atomic mass is 10.0. The minimum atomic E-state index is -0.353. The van der Waals surface area contributed by atoms with Crippen molar-refractivity contribution in [3.63, 3.8) is 0 Å². The van der Waals surface area contributed by atoms with Crippen LogP contribution in [0, 0.1) is 17.0 Å². The molecule has 0 bridgehead atoms. The van der Waals surface area contributed by atoms with Crippen molar-refractivity contribution >= 4 is 11.4 Å². The van der Waals surface area contributed by atoms with Gasteiger partial charge in [-0.1, -0.05) is 29.8 Å². The molecule has 2 aromatic rings. The monoisotopic (exact) mass is 322 g/mol. The molecule has 1 fully saturated rings. The number of aryl methyl sites for hydroxylation is 1. The van der Waals surface area contributed by atoms with Crippen molar-refractivity contribution in [2.24, 2.45) is 4.99 Å². The van der Waals surface area contributed by atoms with Crippen LogP contribution in [0.1, 0.15) is 36.6 Å². The third kappa shape index (κ3) is 2.24. The van der Waals surface area contributed by atoms with Gasteiger partial charge in [-0.3, -0.25) is 15.0 Å². The van der Waals surface area contributed by atoms with Gasteiger partial charge in [0.25, 0.3) is 5.69 Å². The van der Waals surface area contributed by atoms with E-state index in [4.69, 9.17) is 4.99 Å². The molecule has 2 aliphatic heterocycles. The van der Waals surface area contributed by atoms with Crippen LogP contribution < -0.4 is 4.90 Å². The van der Waals surface area contributed by atoms with E-state index in [1.165, 1.54) is 16.0 Å². The van der Waals surface area contributed by atoms with Gasteiger partial charge in [0.15, 0.2) is 17.7 Å². The van der Waals surface area contributed by atoms with Gasteiger partial charge in [-0.2, -0.15) is 0 Å². The number of hydrogen-bond acceptors (Lipinski definition) is 3. The molecule has 122 valence electrons. The molecule has 2 aromatic carbocycles. The normalized spacial score (nSPS) is 26.6. The first-order valence-electron chi connectivity index (χ1n) is 8.17. The number of nitrogens with one attached hydrogen (secondary N) is 1. The van der Waals surface area contributed by atoms with E-state index in [-0.39, 0.29) is 16.3 Å². The summed E-state index contributed by atoms with van der Waals surface area (Å²) in [5.74, 6) is 0. The maximum atomic E-state index is 10.8. The summed E-state index contributed by atoms with van der Waals surface area (Å²) in [6.07, 6.45) is 0. The van der Waals surface area contributed by atoms with Crippen molar-refractivity contribution in [3.05, 3.63) is 75.3 Å². The van der Waals surface area contributed by atoms with Crippen molar-refractivity contribution in [2.45, 2.75) is 38.5 Å². The van der Waals surface area contributed by atoms with Gasteiger partial charge in [-0.15, -0.1) is 0 Å². The van der Waals surface area contributed by atoms with Crippen molar-refractivity contribution in [1.82, 2.24) is 0 Å². The first-order chi connectivity index (χ1) is 11.4. The standard InChI is InChI=1S/C19H19N3O2/c1-12-4-6-13(7-5-12)16-18-17(21(18)19(2,3)20-16)14-8-10-15(11-9-14)22(23)24/h4-11,17-18H,1-3H3/p+1/t17-,18-,21?/m0/s1. The molecule has 0 spiro atoms. The number of benzene rings is 2. The number of quaternary nitrogens is 1. The topological polar surface area (TPSA) is 59.9 Å². The Hall–Kier alpha value is -2.53. The maximum Gasteiger partial charge on any atom is 0.269 e. The van der Waals surface area contributed by atoms with Crippen LogP contribution in [-0.2, 0) is 0 Å². The second-order valence-electron chi connectivity index (χ2n) is 7.18. The van der Waals surface area contributed by atoms with E-state index >= 15 is 0 Å². The molecule has 5 heteroatoms. The lowest BCUT2D eigenvalue weighted by molar-refractivity contribution is -0.837. The van der Waals surface area contributed by atoms with E-state index in [0.717, 1.165) is 11.3 Å². The average Bonchev–Trinajstić information content (AvgIpc) is 3.24. The molecule has 0 amide bonds. The molecule has 3 atom stereocenters. The highest BCUT2D eigenvalue weighted by molar-refractivity contribution is 6.06. The number of nitro groups is 1. The first-order valence-corrected chi connectivity index (χ1v) is 8.17. The van der Waals surface area contributed by atoms with E-state index in [0.29, 0.717) is 12.1 Å². The summed E-state index contributed by atoms with van der Waals surface area (Å²) in [4.78, 5) is 16.9. The Morgan fingerprint density at radius 2 is 1.67 bits per heavy atom. The first kappa shape index (κ1) is 15.0. The fraction of sp³-hybridized carbons (Fsp3) is 0.316. The Morgan fingerprint density at radius 3 is 2.25 bits per heavy atom. The number of nitro benzene ring substituents is 1. The largest absolute Gasteiger partial charge is 0.288 e. The highest BCUT2D eigenvalue weighted by Crippen LogP contribution is 2.35. The van der Waals surface area contributed by atoms with Crippen molar-refractivity contribution in [2.75, 3.05) is 0 Å². The van der Waals surface area contributed by atoms with Crippen LogP contribution in [-0.4, -0.2) is 22.3 Å². The van der Waals surface area contributed by atoms with Gasteiger partial charge >= 0.3 is 0 Å². The molecule has 0 aromatic heterocycles. The zero-order valence-corrected chi connectivity index (χ0v) is 14.0. The third-order valence-electron chi connectivity index (χ3n) is 5.11. The summed E-state index contributed by atoms with van der Waals surface area (Å²) in [6, 6.07) is 16.1. The maximum absolute atomic E-state index is 10.8. The number of rotatable bonds is 3. The van der Waals surface area contributed by atoms with Crippen LogP contribution in [0.3, 0.4) is 0 Å². The second kappa shape index (κ2) is 4.98. The molecular weight excluding hydrogens is 302 g/mol. The molecule has 0 radical (unpaired) electrons. The summed E-state index contributed by atoms with van der Waals surface area (Å²) < 4.78 is 0. The van der Waals surface area contributed by atoms with Gasteiger partial charge in [0.1, 0.15) is 5.71 Å². The summed E-state index contributed by atoms with van der Waals surface area (Å²) in [5, 5.41) is 10.8. The van der Waals surface area contributed by atoms with E-state index in [2.05, 4.69) is 45.0 Å². The van der Waals surface area contributed by atoms with Crippen LogP contribution in [0.25, 0.3) is 0 Å². The number of hydrogen-bond donors (Lipinski definition) is 1. The fourth-order valence-corrected chi connectivity index (χ4v) is 3.91. The Balaban J connectivity index is 1.66. The van der Waals surface area contributed by atoms with Crippen molar-refractivity contribution in [1.29, 1.82) is 0 Å². The molecular formula is C19H20N3O2+. The molecule has 1 N–H and O–H groups in total. The molecule has 2 aliphatic rings. The van der Waals surface area contributed by atoms with Crippen LogP contribution in [0.4, 0.5) is 5.69 Å². The highest BCUT2D eigenvalue weighted by Gasteiger charge is 2.68. The second-order valence-corrected chi connectivity index (χ2v) is 7.18. The van der Waals surface area contributed by atoms with Gasteiger partial charge < -0.3 is 0 Å². The minimum absolute atomic E-state index is 0.140. The predicted octanol–water partition coefficient (Wildman–Crippen LogP) is 2.45. The highest BCUT2D eigenvalue weighted by atomic mass is 16.6. The minimum Gasteiger partial charge on any atom is -0.288 e. The van der Waals surface area contributed by atoms with E-state index in [1.807, 2.05) is 12.1 Å². The molecule has 4 rings (SSSR count). The number of fused-ring (bicyclic) bond motifs is 1. The van der Waals surface area contributed by atoms with Crippen LogP contribution in [0.15, 0.2) is 53.5 Å². The third-order valence-corrected chi connectivity index (χ3v) is 5.11. The molecule has 0 aliphatic carbocycles. The Labute approximate surface area is 140 Å². The van der Waals surface area contributed by atoms with Gasteiger partial charge in [0.05, 0.1) is 4.92 Å². The lowest BCUT2D eigenvalue weighted by Gasteiger charge is -2.16. The molecule has 2 heterocycles.